The van der Waals surface area contributed by atoms with Gasteiger partial charge in [0.05, 0.1) is 10.8 Å². The highest BCUT2D eigenvalue weighted by molar-refractivity contribution is 5.76. The Bertz CT molecular complexity index is 727. The summed E-state index contributed by atoms with van der Waals surface area (Å²) in [5, 5.41) is 20.2. The molecule has 1 atom stereocenters. The van der Waals surface area contributed by atoms with Crippen LogP contribution in [0.25, 0.3) is 0 Å². The molecule has 0 aromatic heterocycles. The highest BCUT2D eigenvalue weighted by Crippen LogP contribution is 2.27. The molecule has 0 saturated heterocycles. The minimum absolute atomic E-state index is 0.000144. The first-order chi connectivity index (χ1) is 11.2. The highest BCUT2D eigenvalue weighted by Gasteiger charge is 2.22. The van der Waals surface area contributed by atoms with Gasteiger partial charge in [0, 0.05) is 12.1 Å². The first kappa shape index (κ1) is 17.7. The number of non-ortho nitro benzene ring substituents is 1. The van der Waals surface area contributed by atoms with E-state index < -0.39 is 16.8 Å². The maximum atomic E-state index is 11.7. The molecule has 5 heteroatoms. The lowest BCUT2D eigenvalue weighted by atomic mass is 9.84. The molecule has 5 nitrogen and oxygen atoms in total. The number of nitrogens with zero attached hydrogens (tertiary/aromatic N) is 1. The Balaban J connectivity index is 2.23. The molecule has 24 heavy (non-hydrogen) atoms. The molecule has 2 aromatic carbocycles. The van der Waals surface area contributed by atoms with Crippen molar-refractivity contribution in [1.29, 1.82) is 0 Å². The van der Waals surface area contributed by atoms with E-state index in [-0.39, 0.29) is 11.1 Å². The Kier molecular flexibility index (Phi) is 5.02. The summed E-state index contributed by atoms with van der Waals surface area (Å²) in [7, 11) is 0. The minimum atomic E-state index is -0.906. The average molecular weight is 327 g/mol. The van der Waals surface area contributed by atoms with E-state index in [1.54, 1.807) is 12.1 Å². The second-order valence-electron chi connectivity index (χ2n) is 6.89. The molecule has 0 aliphatic rings. The molecule has 0 saturated carbocycles. The second-order valence-corrected chi connectivity index (χ2v) is 6.89. The van der Waals surface area contributed by atoms with Crippen LogP contribution in [0.1, 0.15) is 43.4 Å². The van der Waals surface area contributed by atoms with Crippen LogP contribution in [0.4, 0.5) is 5.69 Å². The second kappa shape index (κ2) is 6.83. The minimum Gasteiger partial charge on any atom is -0.481 e. The van der Waals surface area contributed by atoms with Crippen molar-refractivity contribution in [2.75, 3.05) is 0 Å². The van der Waals surface area contributed by atoms with Gasteiger partial charge >= 0.3 is 5.97 Å². The zero-order chi connectivity index (χ0) is 17.9. The van der Waals surface area contributed by atoms with Crippen LogP contribution in [0.3, 0.4) is 0 Å². The third-order valence-electron chi connectivity index (χ3n) is 4.06. The predicted octanol–water partition coefficient (Wildman–Crippen LogP) is 4.30. The molecular weight excluding hydrogens is 306 g/mol. The molecule has 0 heterocycles. The molecule has 2 aromatic rings. The van der Waals surface area contributed by atoms with E-state index >= 15 is 0 Å². The molecule has 126 valence electrons. The van der Waals surface area contributed by atoms with E-state index in [1.165, 1.54) is 12.1 Å². The summed E-state index contributed by atoms with van der Waals surface area (Å²) in [6.45, 7) is 6.31. The number of aliphatic carboxylic acids is 1. The van der Waals surface area contributed by atoms with Crippen LogP contribution < -0.4 is 0 Å². The predicted molar refractivity (Wildman–Crippen MR) is 92.3 cm³/mol. The van der Waals surface area contributed by atoms with Crippen LogP contribution in [0.2, 0.25) is 0 Å². The van der Waals surface area contributed by atoms with Gasteiger partial charge in [-0.15, -0.1) is 0 Å². The van der Waals surface area contributed by atoms with Gasteiger partial charge in [-0.25, -0.2) is 0 Å². The third kappa shape index (κ3) is 4.19. The van der Waals surface area contributed by atoms with Gasteiger partial charge in [0.15, 0.2) is 0 Å². The number of benzene rings is 2. The Morgan fingerprint density at radius 3 is 2.04 bits per heavy atom. The zero-order valence-electron chi connectivity index (χ0n) is 14.0. The molecule has 0 spiro atoms. The Hall–Kier alpha value is -2.69. The van der Waals surface area contributed by atoms with E-state index in [0.29, 0.717) is 6.42 Å². The number of hydrogen-bond donors (Lipinski definition) is 1. The topological polar surface area (TPSA) is 80.4 Å². The molecule has 1 N–H and O–H groups in total. The van der Waals surface area contributed by atoms with Gasteiger partial charge in [-0.3, -0.25) is 14.9 Å². The van der Waals surface area contributed by atoms with Gasteiger partial charge in [-0.05, 0) is 28.5 Å². The van der Waals surface area contributed by atoms with E-state index in [0.717, 1.165) is 16.7 Å². The summed E-state index contributed by atoms with van der Waals surface area (Å²) in [6.07, 6.45) is 0.294. The maximum Gasteiger partial charge on any atom is 0.311 e. The maximum absolute atomic E-state index is 11.7. The average Bonchev–Trinajstić information content (AvgIpc) is 2.52. The Morgan fingerprint density at radius 2 is 1.62 bits per heavy atom. The number of carboxylic acid groups (broad SMARTS) is 1. The quantitative estimate of drug-likeness (QED) is 0.655. The molecule has 0 aliphatic heterocycles. The number of carboxylic acids is 1. The lowest BCUT2D eigenvalue weighted by Crippen LogP contribution is -2.16. The first-order valence-electron chi connectivity index (χ1n) is 7.75. The summed E-state index contributed by atoms with van der Waals surface area (Å²) in [4.78, 5) is 21.9. The SMILES string of the molecule is CC(C)(C)c1ccc(C(Cc2ccc([N+](=O)[O-])cc2)C(=O)O)cc1. The summed E-state index contributed by atoms with van der Waals surface area (Å²) in [5.74, 6) is -1.59. The molecule has 0 radical (unpaired) electrons. The lowest BCUT2D eigenvalue weighted by molar-refractivity contribution is -0.384. The molecule has 1 unspecified atom stereocenters. The van der Waals surface area contributed by atoms with Gasteiger partial charge < -0.3 is 5.11 Å². The van der Waals surface area contributed by atoms with Gasteiger partial charge in [-0.2, -0.15) is 0 Å². The molecule has 0 bridgehead atoms. The van der Waals surface area contributed by atoms with E-state index in [9.17, 15) is 20.0 Å². The van der Waals surface area contributed by atoms with Crippen molar-refractivity contribution in [3.63, 3.8) is 0 Å². The van der Waals surface area contributed by atoms with Crippen molar-refractivity contribution in [3.05, 3.63) is 75.3 Å². The van der Waals surface area contributed by atoms with Gasteiger partial charge in [0.2, 0.25) is 0 Å². The van der Waals surface area contributed by atoms with Crippen LogP contribution >= 0.6 is 0 Å². The summed E-state index contributed by atoms with van der Waals surface area (Å²) in [6, 6.07) is 13.6. The van der Waals surface area contributed by atoms with E-state index in [4.69, 9.17) is 0 Å². The standard InChI is InChI=1S/C19H21NO4/c1-19(2,3)15-8-6-14(7-9-15)17(18(21)22)12-13-4-10-16(11-5-13)20(23)24/h4-11,17H,12H2,1-3H3,(H,21,22). The summed E-state index contributed by atoms with van der Waals surface area (Å²) >= 11 is 0. The smallest absolute Gasteiger partial charge is 0.311 e. The lowest BCUT2D eigenvalue weighted by Gasteiger charge is -2.20. The largest absolute Gasteiger partial charge is 0.481 e. The monoisotopic (exact) mass is 327 g/mol. The van der Waals surface area contributed by atoms with E-state index in [2.05, 4.69) is 20.8 Å². The number of carbonyl (C=O) groups is 1. The van der Waals surface area contributed by atoms with Crippen molar-refractivity contribution in [1.82, 2.24) is 0 Å². The fraction of sp³-hybridized carbons (Fsp3) is 0.316. The van der Waals surface area contributed by atoms with Crippen molar-refractivity contribution in [2.24, 2.45) is 0 Å². The van der Waals surface area contributed by atoms with Crippen LogP contribution in [0.5, 0.6) is 0 Å². The molecule has 0 amide bonds. The zero-order valence-corrected chi connectivity index (χ0v) is 14.0. The fourth-order valence-electron chi connectivity index (χ4n) is 2.55. The Labute approximate surface area is 141 Å². The number of nitro groups is 1. The van der Waals surface area contributed by atoms with E-state index in [1.807, 2.05) is 24.3 Å². The number of rotatable bonds is 5. The van der Waals surface area contributed by atoms with Crippen LogP contribution in [-0.4, -0.2) is 16.0 Å². The normalized spacial score (nSPS) is 12.6. The van der Waals surface area contributed by atoms with Crippen LogP contribution in [0.15, 0.2) is 48.5 Å². The van der Waals surface area contributed by atoms with Crippen molar-refractivity contribution >= 4 is 11.7 Å². The van der Waals surface area contributed by atoms with Gasteiger partial charge in [-0.1, -0.05) is 57.2 Å². The molecular formula is C19H21NO4. The van der Waals surface area contributed by atoms with Gasteiger partial charge in [0.25, 0.3) is 5.69 Å². The molecule has 2 rings (SSSR count). The van der Waals surface area contributed by atoms with Crippen molar-refractivity contribution in [3.8, 4) is 0 Å². The van der Waals surface area contributed by atoms with Crippen molar-refractivity contribution < 1.29 is 14.8 Å². The summed E-state index contributed by atoms with van der Waals surface area (Å²) < 4.78 is 0. The number of nitro benzene ring substituents is 1. The van der Waals surface area contributed by atoms with Crippen LogP contribution in [-0.2, 0) is 16.6 Å². The van der Waals surface area contributed by atoms with Crippen LogP contribution in [0, 0.1) is 10.1 Å². The summed E-state index contributed by atoms with van der Waals surface area (Å²) in [5.41, 5.74) is 2.64. The first-order valence-corrected chi connectivity index (χ1v) is 7.75. The third-order valence-corrected chi connectivity index (χ3v) is 4.06. The highest BCUT2D eigenvalue weighted by atomic mass is 16.6. The Morgan fingerprint density at radius 1 is 1.08 bits per heavy atom. The molecule has 0 aliphatic carbocycles. The number of hydrogen-bond acceptors (Lipinski definition) is 3. The fourth-order valence-corrected chi connectivity index (χ4v) is 2.55. The van der Waals surface area contributed by atoms with Gasteiger partial charge in [0.1, 0.15) is 0 Å². The molecule has 0 fully saturated rings. The van der Waals surface area contributed by atoms with Crippen molar-refractivity contribution in [2.45, 2.75) is 38.5 Å².